The average molecular weight is 169 g/mol. The topological polar surface area (TPSA) is 18.5 Å². The average Bonchev–Trinajstić information content (AvgIpc) is 2.32. The minimum absolute atomic E-state index is 0.391. The van der Waals surface area contributed by atoms with Crippen LogP contribution in [0, 0.1) is 6.10 Å². The van der Waals surface area contributed by atoms with Crippen LogP contribution in [0.5, 0.6) is 0 Å². The molecule has 0 saturated carbocycles. The summed E-state index contributed by atoms with van der Waals surface area (Å²) in [4.78, 5) is 0. The zero-order valence-electron chi connectivity index (χ0n) is 5.78. The molecule has 0 aromatic carbocycles. The lowest BCUT2D eigenvalue weighted by Crippen LogP contribution is -2.18. The number of hydrogen-bond acceptors (Lipinski definition) is 2. The predicted molar refractivity (Wildman–Crippen MR) is 30.4 cm³/mol. The maximum atomic E-state index is 11.4. The molecule has 65 valence electrons. The van der Waals surface area contributed by atoms with Gasteiger partial charge in [0.05, 0.1) is 6.61 Å². The molecule has 0 N–H and O–H groups in total. The van der Waals surface area contributed by atoms with E-state index >= 15 is 0 Å². The van der Waals surface area contributed by atoms with Crippen molar-refractivity contribution < 1.29 is 22.6 Å². The summed E-state index contributed by atoms with van der Waals surface area (Å²) < 4.78 is 42.6. The number of rotatable bonds is 2. The second-order valence-electron chi connectivity index (χ2n) is 2.23. The summed E-state index contributed by atoms with van der Waals surface area (Å²) in [6.07, 6.45) is -2.78. The maximum Gasteiger partial charge on any atom is 0.522 e. The van der Waals surface area contributed by atoms with Gasteiger partial charge in [-0.3, -0.25) is 4.74 Å². The third-order valence-electron chi connectivity index (χ3n) is 1.30. The molecular formula is C6H8F3O2. The fourth-order valence-corrected chi connectivity index (χ4v) is 0.834. The van der Waals surface area contributed by atoms with Crippen molar-refractivity contribution in [2.45, 2.75) is 19.2 Å². The maximum absolute atomic E-state index is 11.4. The molecule has 0 spiro atoms. The van der Waals surface area contributed by atoms with Gasteiger partial charge in [0.2, 0.25) is 0 Å². The van der Waals surface area contributed by atoms with Crippen molar-refractivity contribution in [3.05, 3.63) is 6.10 Å². The second kappa shape index (κ2) is 3.40. The molecule has 0 atom stereocenters. The molecule has 1 heterocycles. The van der Waals surface area contributed by atoms with E-state index in [-0.39, 0.29) is 0 Å². The van der Waals surface area contributed by atoms with Crippen LogP contribution in [-0.4, -0.2) is 19.6 Å². The van der Waals surface area contributed by atoms with Gasteiger partial charge in [-0.1, -0.05) is 0 Å². The van der Waals surface area contributed by atoms with Gasteiger partial charge in [0.1, 0.15) is 6.10 Å². The lowest BCUT2D eigenvalue weighted by Gasteiger charge is -2.10. The van der Waals surface area contributed by atoms with Crippen molar-refractivity contribution in [3.8, 4) is 0 Å². The Bertz CT molecular complexity index is 117. The van der Waals surface area contributed by atoms with Crippen LogP contribution < -0.4 is 0 Å². The lowest BCUT2D eigenvalue weighted by molar-refractivity contribution is -0.325. The van der Waals surface area contributed by atoms with Gasteiger partial charge in [0, 0.05) is 6.61 Å². The molecule has 0 bridgehead atoms. The first kappa shape index (κ1) is 8.80. The van der Waals surface area contributed by atoms with E-state index in [1.807, 2.05) is 0 Å². The first-order valence-corrected chi connectivity index (χ1v) is 3.26. The summed E-state index contributed by atoms with van der Waals surface area (Å²) in [6, 6.07) is 0. The normalized spacial score (nSPS) is 21.0. The van der Waals surface area contributed by atoms with Gasteiger partial charge in [-0.05, 0) is 12.8 Å². The lowest BCUT2D eigenvalue weighted by atomic mass is 10.2. The van der Waals surface area contributed by atoms with E-state index in [9.17, 15) is 13.2 Å². The highest BCUT2D eigenvalue weighted by Gasteiger charge is 2.31. The van der Waals surface area contributed by atoms with Gasteiger partial charge in [0.25, 0.3) is 0 Å². The highest BCUT2D eigenvalue weighted by atomic mass is 19.4. The Kier molecular flexibility index (Phi) is 2.72. The van der Waals surface area contributed by atoms with Crippen molar-refractivity contribution in [2.24, 2.45) is 0 Å². The monoisotopic (exact) mass is 169 g/mol. The van der Waals surface area contributed by atoms with Gasteiger partial charge in [-0.25, -0.2) is 0 Å². The van der Waals surface area contributed by atoms with E-state index in [0.717, 1.165) is 6.42 Å². The SMILES string of the molecule is FC(F)(F)OC[C]1CCCO1. The van der Waals surface area contributed by atoms with E-state index in [1.165, 1.54) is 0 Å². The summed E-state index contributed by atoms with van der Waals surface area (Å²) in [6.45, 7) is 0.0556. The molecule has 0 aromatic rings. The predicted octanol–water partition coefficient (Wildman–Crippen LogP) is 1.87. The minimum Gasteiger partial charge on any atom is -0.369 e. The highest BCUT2D eigenvalue weighted by molar-refractivity contribution is 4.82. The van der Waals surface area contributed by atoms with E-state index in [1.54, 1.807) is 0 Å². The van der Waals surface area contributed by atoms with Crippen molar-refractivity contribution >= 4 is 0 Å². The molecule has 1 radical (unpaired) electrons. The van der Waals surface area contributed by atoms with E-state index in [2.05, 4.69) is 4.74 Å². The number of halogens is 3. The molecule has 1 aliphatic heterocycles. The molecule has 5 heteroatoms. The van der Waals surface area contributed by atoms with Gasteiger partial charge in [-0.2, -0.15) is 0 Å². The molecular weight excluding hydrogens is 161 g/mol. The van der Waals surface area contributed by atoms with Crippen LogP contribution in [0.4, 0.5) is 13.2 Å². The molecule has 1 aliphatic rings. The summed E-state index contributed by atoms with van der Waals surface area (Å²) in [5.74, 6) is 0. The Balaban J connectivity index is 2.11. The van der Waals surface area contributed by atoms with Gasteiger partial charge in [0.15, 0.2) is 0 Å². The fourth-order valence-electron chi connectivity index (χ4n) is 0.834. The molecule has 1 fully saturated rings. The smallest absolute Gasteiger partial charge is 0.369 e. The zero-order valence-corrected chi connectivity index (χ0v) is 5.78. The Hall–Kier alpha value is -0.290. The van der Waals surface area contributed by atoms with Crippen LogP contribution in [0.1, 0.15) is 12.8 Å². The molecule has 0 amide bonds. The molecule has 1 rings (SSSR count). The summed E-state index contributed by atoms with van der Waals surface area (Å²) in [7, 11) is 0. The number of alkyl halides is 3. The van der Waals surface area contributed by atoms with E-state index < -0.39 is 13.0 Å². The molecule has 1 saturated heterocycles. The Morgan fingerprint density at radius 3 is 2.64 bits per heavy atom. The van der Waals surface area contributed by atoms with Crippen molar-refractivity contribution in [1.82, 2.24) is 0 Å². The van der Waals surface area contributed by atoms with Crippen LogP contribution in [0.15, 0.2) is 0 Å². The molecule has 11 heavy (non-hydrogen) atoms. The highest BCUT2D eigenvalue weighted by Crippen LogP contribution is 2.24. The second-order valence-corrected chi connectivity index (χ2v) is 2.23. The fraction of sp³-hybridized carbons (Fsp3) is 0.833. The van der Waals surface area contributed by atoms with Gasteiger partial charge < -0.3 is 4.74 Å². The van der Waals surface area contributed by atoms with Crippen LogP contribution in [0.3, 0.4) is 0 Å². The summed E-state index contributed by atoms with van der Waals surface area (Å²) in [5.41, 5.74) is 0. The van der Waals surface area contributed by atoms with Crippen molar-refractivity contribution in [1.29, 1.82) is 0 Å². The first-order chi connectivity index (χ1) is 5.08. The molecule has 2 nitrogen and oxygen atoms in total. The third-order valence-corrected chi connectivity index (χ3v) is 1.30. The first-order valence-electron chi connectivity index (χ1n) is 3.26. The third kappa shape index (κ3) is 3.57. The summed E-state index contributed by atoms with van der Waals surface area (Å²) in [5, 5.41) is 0. The zero-order chi connectivity index (χ0) is 8.32. The Morgan fingerprint density at radius 1 is 1.45 bits per heavy atom. The van der Waals surface area contributed by atoms with Crippen molar-refractivity contribution in [3.63, 3.8) is 0 Å². The van der Waals surface area contributed by atoms with E-state index in [4.69, 9.17) is 4.74 Å². The molecule has 0 aliphatic carbocycles. The number of ether oxygens (including phenoxy) is 2. The standard InChI is InChI=1S/C6H8F3O2/c7-6(8,9)11-4-5-2-1-3-10-5/h1-4H2. The van der Waals surface area contributed by atoms with Crippen molar-refractivity contribution in [2.75, 3.05) is 13.2 Å². The Morgan fingerprint density at radius 2 is 2.18 bits per heavy atom. The van der Waals surface area contributed by atoms with Crippen LogP contribution in [0.25, 0.3) is 0 Å². The molecule has 0 unspecified atom stereocenters. The van der Waals surface area contributed by atoms with Crippen LogP contribution in [0.2, 0.25) is 0 Å². The largest absolute Gasteiger partial charge is 0.522 e. The van der Waals surface area contributed by atoms with Crippen LogP contribution >= 0.6 is 0 Å². The van der Waals surface area contributed by atoms with E-state index in [0.29, 0.717) is 19.1 Å². The Labute approximate surface area is 62.3 Å². The minimum atomic E-state index is -4.54. The van der Waals surface area contributed by atoms with Gasteiger partial charge >= 0.3 is 6.36 Å². The summed E-state index contributed by atoms with van der Waals surface area (Å²) >= 11 is 0. The molecule has 0 aromatic heterocycles. The number of hydrogen-bond donors (Lipinski definition) is 0. The van der Waals surface area contributed by atoms with Gasteiger partial charge in [-0.15, -0.1) is 13.2 Å². The quantitative estimate of drug-likeness (QED) is 0.628. The van der Waals surface area contributed by atoms with Crippen LogP contribution in [-0.2, 0) is 9.47 Å².